The fraction of sp³-hybridized carbons (Fsp3) is 0.923. The summed E-state index contributed by atoms with van der Waals surface area (Å²) in [5.41, 5.74) is 0. The highest BCUT2D eigenvalue weighted by Gasteiger charge is 2.31. The van der Waals surface area contributed by atoms with Gasteiger partial charge < -0.3 is 15.0 Å². The van der Waals surface area contributed by atoms with Crippen LogP contribution in [0.2, 0.25) is 0 Å². The Kier molecular flexibility index (Phi) is 5.04. The van der Waals surface area contributed by atoms with Gasteiger partial charge in [0, 0.05) is 39.2 Å². The number of carbonyl (C=O) groups is 1. The monoisotopic (exact) mass is 304 g/mol. The van der Waals surface area contributed by atoms with Crippen molar-refractivity contribution in [3.8, 4) is 0 Å². The maximum absolute atomic E-state index is 12.3. The maximum atomic E-state index is 12.3. The van der Waals surface area contributed by atoms with Gasteiger partial charge in [-0.05, 0) is 12.3 Å². The third-order valence-corrected chi connectivity index (χ3v) is 6.00. The number of likely N-dealkylation sites (tertiary alicyclic amines) is 1. The van der Waals surface area contributed by atoms with Gasteiger partial charge in [0.25, 0.3) is 0 Å². The van der Waals surface area contributed by atoms with E-state index in [-0.39, 0.29) is 36.0 Å². The summed E-state index contributed by atoms with van der Waals surface area (Å²) in [6.07, 6.45) is 1.26. The smallest absolute Gasteiger partial charge is 0.224 e. The Morgan fingerprint density at radius 2 is 2.20 bits per heavy atom. The van der Waals surface area contributed by atoms with Crippen molar-refractivity contribution in [3.05, 3.63) is 0 Å². The van der Waals surface area contributed by atoms with Crippen LogP contribution >= 0.6 is 0 Å². The quantitative estimate of drug-likeness (QED) is 0.771. The fourth-order valence-electron chi connectivity index (χ4n) is 2.91. The van der Waals surface area contributed by atoms with E-state index in [0.717, 1.165) is 13.0 Å². The summed E-state index contributed by atoms with van der Waals surface area (Å²) in [5.74, 6) is 0.715. The molecule has 0 spiro atoms. The molecule has 0 radical (unpaired) electrons. The average Bonchev–Trinajstić information content (AvgIpc) is 2.38. The number of rotatable bonds is 3. The number of carbonyl (C=O) groups excluding carboxylic acids is 1. The van der Waals surface area contributed by atoms with Gasteiger partial charge in [0.15, 0.2) is 9.84 Å². The van der Waals surface area contributed by atoms with Gasteiger partial charge in [-0.15, -0.1) is 0 Å². The molecule has 2 saturated heterocycles. The lowest BCUT2D eigenvalue weighted by molar-refractivity contribution is -0.136. The summed E-state index contributed by atoms with van der Waals surface area (Å²) in [6.45, 7) is 3.92. The van der Waals surface area contributed by atoms with Crippen LogP contribution in [0.5, 0.6) is 0 Å². The zero-order valence-electron chi connectivity index (χ0n) is 12.2. The van der Waals surface area contributed by atoms with Crippen LogP contribution in [0.1, 0.15) is 19.8 Å². The Balaban J connectivity index is 1.88. The number of ether oxygens (including phenoxy) is 1. The lowest BCUT2D eigenvalue weighted by atomic mass is 9.95. The standard InChI is InChI=1S/C13H24N2O4S/c1-10-3-5-15(8-12(10)19-2)13(16)7-11-9-20(17,18)6-4-14-11/h10-12,14H,3-9H2,1-2H3. The highest BCUT2D eigenvalue weighted by Crippen LogP contribution is 2.20. The molecule has 7 heteroatoms. The Morgan fingerprint density at radius 1 is 1.45 bits per heavy atom. The summed E-state index contributed by atoms with van der Waals surface area (Å²) in [7, 11) is -1.32. The molecular formula is C13H24N2O4S. The highest BCUT2D eigenvalue weighted by atomic mass is 32.2. The summed E-state index contributed by atoms with van der Waals surface area (Å²) >= 11 is 0. The number of hydrogen-bond donors (Lipinski definition) is 1. The number of hydrogen-bond acceptors (Lipinski definition) is 5. The Morgan fingerprint density at radius 3 is 2.85 bits per heavy atom. The molecule has 2 aliphatic rings. The normalized spacial score (nSPS) is 33.9. The van der Waals surface area contributed by atoms with E-state index in [2.05, 4.69) is 12.2 Å². The van der Waals surface area contributed by atoms with E-state index in [9.17, 15) is 13.2 Å². The van der Waals surface area contributed by atoms with Gasteiger partial charge in [0.05, 0.1) is 17.6 Å². The molecule has 0 saturated carbocycles. The first-order valence-corrected chi connectivity index (χ1v) is 8.98. The number of nitrogens with zero attached hydrogens (tertiary/aromatic N) is 1. The van der Waals surface area contributed by atoms with Crippen molar-refractivity contribution in [2.24, 2.45) is 5.92 Å². The van der Waals surface area contributed by atoms with E-state index in [1.807, 2.05) is 0 Å². The third-order valence-electron chi connectivity index (χ3n) is 4.27. The number of nitrogens with one attached hydrogen (secondary N) is 1. The van der Waals surface area contributed by atoms with Gasteiger partial charge in [-0.25, -0.2) is 8.42 Å². The van der Waals surface area contributed by atoms with E-state index >= 15 is 0 Å². The minimum atomic E-state index is -2.99. The van der Waals surface area contributed by atoms with E-state index in [1.165, 1.54) is 0 Å². The molecule has 0 aromatic rings. The molecule has 0 aliphatic carbocycles. The predicted octanol–water partition coefficient (Wildman–Crippen LogP) is -0.353. The molecule has 3 atom stereocenters. The number of amides is 1. The molecular weight excluding hydrogens is 280 g/mol. The maximum Gasteiger partial charge on any atom is 0.224 e. The average molecular weight is 304 g/mol. The van der Waals surface area contributed by atoms with Gasteiger partial charge >= 0.3 is 0 Å². The van der Waals surface area contributed by atoms with Crippen LogP contribution in [0.15, 0.2) is 0 Å². The summed E-state index contributed by atoms with van der Waals surface area (Å²) < 4.78 is 28.6. The molecule has 0 aromatic carbocycles. The lowest BCUT2D eigenvalue weighted by Gasteiger charge is -2.37. The van der Waals surface area contributed by atoms with Gasteiger partial charge in [-0.3, -0.25) is 4.79 Å². The van der Waals surface area contributed by atoms with E-state index < -0.39 is 9.84 Å². The lowest BCUT2D eigenvalue weighted by Crippen LogP contribution is -2.51. The summed E-state index contributed by atoms with van der Waals surface area (Å²) in [6, 6.07) is -0.249. The van der Waals surface area contributed by atoms with Crippen molar-refractivity contribution < 1.29 is 17.9 Å². The predicted molar refractivity (Wildman–Crippen MR) is 76.2 cm³/mol. The SMILES string of the molecule is COC1CN(C(=O)CC2CS(=O)(=O)CCN2)CCC1C. The Hall–Kier alpha value is -0.660. The molecule has 0 bridgehead atoms. The molecule has 0 aromatic heterocycles. The molecule has 2 heterocycles. The molecule has 3 unspecified atom stereocenters. The van der Waals surface area contributed by atoms with Crippen LogP contribution < -0.4 is 5.32 Å². The van der Waals surface area contributed by atoms with E-state index in [4.69, 9.17) is 4.74 Å². The van der Waals surface area contributed by atoms with Crippen molar-refractivity contribution in [2.75, 3.05) is 38.2 Å². The van der Waals surface area contributed by atoms with Crippen LogP contribution in [-0.4, -0.2) is 69.6 Å². The zero-order chi connectivity index (χ0) is 14.8. The molecule has 2 fully saturated rings. The fourth-order valence-corrected chi connectivity index (χ4v) is 4.35. The van der Waals surface area contributed by atoms with Gasteiger partial charge in [-0.2, -0.15) is 0 Å². The van der Waals surface area contributed by atoms with Crippen molar-refractivity contribution in [3.63, 3.8) is 0 Å². The van der Waals surface area contributed by atoms with Gasteiger partial charge in [-0.1, -0.05) is 6.92 Å². The van der Waals surface area contributed by atoms with Crippen LogP contribution in [0, 0.1) is 5.92 Å². The second-order valence-electron chi connectivity index (χ2n) is 5.85. The van der Waals surface area contributed by atoms with Crippen molar-refractivity contribution in [1.29, 1.82) is 0 Å². The third kappa shape index (κ3) is 3.93. The molecule has 2 aliphatic heterocycles. The van der Waals surface area contributed by atoms with Crippen LogP contribution in [0.25, 0.3) is 0 Å². The minimum absolute atomic E-state index is 0.0218. The summed E-state index contributed by atoms with van der Waals surface area (Å²) in [5, 5.41) is 3.12. The molecule has 116 valence electrons. The largest absolute Gasteiger partial charge is 0.379 e. The Bertz CT molecular complexity index is 451. The van der Waals surface area contributed by atoms with Crippen molar-refractivity contribution in [1.82, 2.24) is 10.2 Å². The van der Waals surface area contributed by atoms with Crippen LogP contribution in [-0.2, 0) is 19.4 Å². The second-order valence-corrected chi connectivity index (χ2v) is 8.08. The Labute approximate surface area is 120 Å². The van der Waals surface area contributed by atoms with E-state index in [1.54, 1.807) is 12.0 Å². The first-order chi connectivity index (χ1) is 9.41. The van der Waals surface area contributed by atoms with Crippen molar-refractivity contribution >= 4 is 15.7 Å². The second kappa shape index (κ2) is 6.41. The number of piperidine rings is 1. The first kappa shape index (κ1) is 15.7. The molecule has 2 rings (SSSR count). The van der Waals surface area contributed by atoms with Crippen LogP contribution in [0.3, 0.4) is 0 Å². The topological polar surface area (TPSA) is 75.7 Å². The first-order valence-electron chi connectivity index (χ1n) is 7.15. The molecule has 1 amide bonds. The highest BCUT2D eigenvalue weighted by molar-refractivity contribution is 7.91. The number of sulfone groups is 1. The number of methoxy groups -OCH3 is 1. The van der Waals surface area contributed by atoms with Crippen LogP contribution in [0.4, 0.5) is 0 Å². The molecule has 20 heavy (non-hydrogen) atoms. The van der Waals surface area contributed by atoms with Gasteiger partial charge in [0.2, 0.25) is 5.91 Å². The van der Waals surface area contributed by atoms with Gasteiger partial charge in [0.1, 0.15) is 0 Å². The van der Waals surface area contributed by atoms with Crippen molar-refractivity contribution in [2.45, 2.75) is 31.9 Å². The minimum Gasteiger partial charge on any atom is -0.379 e. The van der Waals surface area contributed by atoms with E-state index in [0.29, 0.717) is 19.0 Å². The molecule has 6 nitrogen and oxygen atoms in total. The molecule has 1 N–H and O–H groups in total. The summed E-state index contributed by atoms with van der Waals surface area (Å²) in [4.78, 5) is 14.1. The zero-order valence-corrected chi connectivity index (χ0v) is 13.0.